The van der Waals surface area contributed by atoms with E-state index in [-0.39, 0.29) is 22.6 Å². The summed E-state index contributed by atoms with van der Waals surface area (Å²) in [5.41, 5.74) is -1.06. The number of imide groups is 1. The van der Waals surface area contributed by atoms with Crippen molar-refractivity contribution in [3.05, 3.63) is 92.9 Å². The number of methoxy groups -OCH3 is 1. The van der Waals surface area contributed by atoms with Gasteiger partial charge < -0.3 is 9.47 Å². The highest BCUT2D eigenvalue weighted by molar-refractivity contribution is 9.10. The summed E-state index contributed by atoms with van der Waals surface area (Å²) >= 11 is 9.58. The number of benzene rings is 3. The quantitative estimate of drug-likeness (QED) is 0.334. The Morgan fingerprint density at radius 2 is 1.56 bits per heavy atom. The minimum absolute atomic E-state index is 0.148. The van der Waals surface area contributed by atoms with Crippen molar-refractivity contribution in [1.29, 1.82) is 0 Å². The van der Waals surface area contributed by atoms with Crippen LogP contribution in [-0.4, -0.2) is 36.1 Å². The van der Waals surface area contributed by atoms with Crippen LogP contribution in [0.3, 0.4) is 0 Å². The van der Waals surface area contributed by atoms with Crippen LogP contribution in [0, 0.1) is 11.8 Å². The molecule has 3 aromatic carbocycles. The standard InChI is InChI=1S/C27H17BrClNO6/c1-35-19-11-10-15(29)12-18(19)30-25(33)20-21(26(30)34)27(36-22(20)13-6-8-14(28)9-7-13)23(31)16-4-2-3-5-17(16)24(27)32/h2-12,20-22H,1H3/t20-,21-,22+/m0/s1. The van der Waals surface area contributed by atoms with Gasteiger partial charge in [0.1, 0.15) is 5.75 Å². The van der Waals surface area contributed by atoms with Gasteiger partial charge in [-0.15, -0.1) is 0 Å². The summed E-state index contributed by atoms with van der Waals surface area (Å²) in [5.74, 6) is -4.73. The number of nitrogens with zero attached hydrogens (tertiary/aromatic N) is 1. The van der Waals surface area contributed by atoms with Crippen molar-refractivity contribution in [3.63, 3.8) is 0 Å². The number of halogens is 2. The van der Waals surface area contributed by atoms with Gasteiger partial charge in [0.2, 0.25) is 29.0 Å². The predicted molar refractivity (Wildman–Crippen MR) is 133 cm³/mol. The molecule has 2 saturated heterocycles. The van der Waals surface area contributed by atoms with Crippen molar-refractivity contribution in [2.75, 3.05) is 12.0 Å². The van der Waals surface area contributed by atoms with Gasteiger partial charge in [0.15, 0.2) is 0 Å². The first-order chi connectivity index (χ1) is 17.3. The molecule has 0 N–H and O–H groups in total. The SMILES string of the molecule is COc1ccc(Cl)cc1N1C(=O)[C@@H]2[C@@H](c3ccc(Br)cc3)OC3(C(=O)c4ccccc4C3=O)[C@@H]2C1=O. The number of ether oxygens (including phenoxy) is 2. The lowest BCUT2D eigenvalue weighted by molar-refractivity contribution is -0.127. The molecule has 0 bridgehead atoms. The van der Waals surface area contributed by atoms with E-state index >= 15 is 0 Å². The van der Waals surface area contributed by atoms with Gasteiger partial charge in [-0.3, -0.25) is 19.2 Å². The van der Waals surface area contributed by atoms with Gasteiger partial charge in [-0.1, -0.05) is 63.9 Å². The van der Waals surface area contributed by atoms with Gasteiger partial charge in [0.25, 0.3) is 0 Å². The largest absolute Gasteiger partial charge is 0.495 e. The number of carbonyl (C=O) groups excluding carboxylic acids is 4. The maximum Gasteiger partial charge on any atom is 0.241 e. The normalized spacial score (nSPS) is 24.0. The van der Waals surface area contributed by atoms with E-state index in [4.69, 9.17) is 21.1 Å². The molecule has 0 unspecified atom stereocenters. The van der Waals surface area contributed by atoms with E-state index in [0.29, 0.717) is 10.6 Å². The van der Waals surface area contributed by atoms with Crippen LogP contribution in [0.4, 0.5) is 5.69 Å². The third-order valence-corrected chi connectivity index (χ3v) is 7.86. The smallest absolute Gasteiger partial charge is 0.241 e. The molecule has 2 heterocycles. The molecule has 0 saturated carbocycles. The number of Topliss-reactive ketones (excluding diaryl/α,β-unsaturated/α-hetero) is 2. The Kier molecular flexibility index (Phi) is 5.19. The topological polar surface area (TPSA) is 90.0 Å². The highest BCUT2D eigenvalue weighted by atomic mass is 79.9. The Labute approximate surface area is 219 Å². The van der Waals surface area contributed by atoms with Crippen LogP contribution >= 0.6 is 27.5 Å². The van der Waals surface area contributed by atoms with E-state index in [1.165, 1.54) is 25.3 Å². The fraction of sp³-hybridized carbons (Fsp3) is 0.185. The number of hydrogen-bond donors (Lipinski definition) is 0. The molecular formula is C27H17BrClNO6. The number of amides is 2. The lowest BCUT2D eigenvalue weighted by atomic mass is 9.77. The van der Waals surface area contributed by atoms with Crippen molar-refractivity contribution in [2.45, 2.75) is 11.7 Å². The molecule has 0 aromatic heterocycles. The molecule has 2 aliphatic heterocycles. The summed E-state index contributed by atoms with van der Waals surface area (Å²) in [5, 5.41) is 0.291. The fourth-order valence-electron chi connectivity index (χ4n) is 5.55. The van der Waals surface area contributed by atoms with E-state index < -0.39 is 46.9 Å². The lowest BCUT2D eigenvalue weighted by Crippen LogP contribution is -2.51. The average molecular weight is 567 g/mol. The van der Waals surface area contributed by atoms with Gasteiger partial charge in [0.05, 0.1) is 30.7 Å². The molecule has 2 fully saturated rings. The molecule has 6 rings (SSSR count). The Morgan fingerprint density at radius 1 is 0.917 bits per heavy atom. The molecule has 3 aliphatic rings. The molecule has 7 nitrogen and oxygen atoms in total. The number of hydrogen-bond acceptors (Lipinski definition) is 6. The molecule has 1 aliphatic carbocycles. The monoisotopic (exact) mass is 565 g/mol. The van der Waals surface area contributed by atoms with Gasteiger partial charge in [-0.25, -0.2) is 4.90 Å². The zero-order chi connectivity index (χ0) is 25.4. The third-order valence-electron chi connectivity index (χ3n) is 7.10. The van der Waals surface area contributed by atoms with E-state index in [1.807, 2.05) is 0 Å². The minimum atomic E-state index is -2.14. The predicted octanol–water partition coefficient (Wildman–Crippen LogP) is 4.81. The molecule has 36 heavy (non-hydrogen) atoms. The van der Waals surface area contributed by atoms with Gasteiger partial charge in [-0.2, -0.15) is 0 Å². The van der Waals surface area contributed by atoms with Gasteiger partial charge in [-0.05, 0) is 35.9 Å². The van der Waals surface area contributed by atoms with E-state index in [1.54, 1.807) is 48.5 Å². The van der Waals surface area contributed by atoms with Crippen LogP contribution < -0.4 is 9.64 Å². The van der Waals surface area contributed by atoms with Crippen molar-refractivity contribution in [3.8, 4) is 5.75 Å². The van der Waals surface area contributed by atoms with Gasteiger partial charge in [0, 0.05) is 20.6 Å². The summed E-state index contributed by atoms with van der Waals surface area (Å²) in [6, 6.07) is 18.0. The maximum atomic E-state index is 14.0. The molecule has 3 atom stereocenters. The van der Waals surface area contributed by atoms with Crippen LogP contribution in [0.1, 0.15) is 32.4 Å². The number of rotatable bonds is 3. The Morgan fingerprint density at radius 3 is 2.17 bits per heavy atom. The first kappa shape index (κ1) is 23.1. The molecular weight excluding hydrogens is 550 g/mol. The number of carbonyl (C=O) groups is 4. The Bertz CT molecular complexity index is 1450. The molecule has 1 spiro atoms. The number of ketones is 2. The van der Waals surface area contributed by atoms with Crippen LogP contribution in [0.5, 0.6) is 5.75 Å². The first-order valence-electron chi connectivity index (χ1n) is 11.1. The van der Waals surface area contributed by atoms with Crippen molar-refractivity contribution in [2.24, 2.45) is 11.8 Å². The summed E-state index contributed by atoms with van der Waals surface area (Å²) < 4.78 is 12.5. The second-order valence-electron chi connectivity index (χ2n) is 8.86. The molecule has 180 valence electrons. The average Bonchev–Trinajstić information content (AvgIpc) is 3.44. The maximum absolute atomic E-state index is 14.0. The summed E-state index contributed by atoms with van der Waals surface area (Å²) in [7, 11) is 1.41. The van der Waals surface area contributed by atoms with Crippen molar-refractivity contribution in [1.82, 2.24) is 0 Å². The van der Waals surface area contributed by atoms with E-state index in [0.717, 1.165) is 9.37 Å². The lowest BCUT2D eigenvalue weighted by Gasteiger charge is -2.27. The summed E-state index contributed by atoms with van der Waals surface area (Å²) in [6.07, 6.45) is -1.00. The number of anilines is 1. The van der Waals surface area contributed by atoms with Crippen LogP contribution in [0.2, 0.25) is 5.02 Å². The molecule has 9 heteroatoms. The fourth-order valence-corrected chi connectivity index (χ4v) is 5.98. The highest BCUT2D eigenvalue weighted by Crippen LogP contribution is 2.58. The molecule has 2 amide bonds. The number of fused-ring (bicyclic) bond motifs is 3. The Hall–Kier alpha value is -3.33. The first-order valence-corrected chi connectivity index (χ1v) is 12.3. The second-order valence-corrected chi connectivity index (χ2v) is 10.2. The van der Waals surface area contributed by atoms with E-state index in [9.17, 15) is 19.2 Å². The van der Waals surface area contributed by atoms with Crippen LogP contribution in [0.25, 0.3) is 0 Å². The van der Waals surface area contributed by atoms with Crippen molar-refractivity contribution < 1.29 is 28.7 Å². The van der Waals surface area contributed by atoms with Crippen LogP contribution in [-0.2, 0) is 14.3 Å². The Balaban J connectivity index is 1.56. The van der Waals surface area contributed by atoms with E-state index in [2.05, 4.69) is 15.9 Å². The zero-order valence-corrected chi connectivity index (χ0v) is 21.1. The third kappa shape index (κ3) is 2.95. The second kappa shape index (κ2) is 8.09. The highest BCUT2D eigenvalue weighted by Gasteiger charge is 2.74. The van der Waals surface area contributed by atoms with Crippen molar-refractivity contribution >= 4 is 56.6 Å². The van der Waals surface area contributed by atoms with Gasteiger partial charge >= 0.3 is 0 Å². The minimum Gasteiger partial charge on any atom is -0.495 e. The summed E-state index contributed by atoms with van der Waals surface area (Å²) in [6.45, 7) is 0. The zero-order valence-electron chi connectivity index (χ0n) is 18.7. The molecule has 0 radical (unpaired) electrons. The molecule has 3 aromatic rings. The van der Waals surface area contributed by atoms with Crippen LogP contribution in [0.15, 0.2) is 71.2 Å². The summed E-state index contributed by atoms with van der Waals surface area (Å²) in [4.78, 5) is 56.5.